The number of aromatic nitrogens is 3. The Hall–Kier alpha value is -1.77. The van der Waals surface area contributed by atoms with Gasteiger partial charge in [0.2, 0.25) is 0 Å². The number of aryl methyl sites for hydroxylation is 1. The Morgan fingerprint density at radius 1 is 1.50 bits per heavy atom. The second-order valence-corrected chi connectivity index (χ2v) is 6.34. The van der Waals surface area contributed by atoms with Crippen LogP contribution >= 0.6 is 11.5 Å². The van der Waals surface area contributed by atoms with Gasteiger partial charge in [-0.25, -0.2) is 4.98 Å². The van der Waals surface area contributed by atoms with E-state index in [-0.39, 0.29) is 6.04 Å². The molecule has 22 heavy (non-hydrogen) atoms. The van der Waals surface area contributed by atoms with Crippen LogP contribution < -0.4 is 21.7 Å². The first-order valence-electron chi connectivity index (χ1n) is 7.42. The molecule has 1 saturated heterocycles. The molecule has 0 aromatic carbocycles. The summed E-state index contributed by atoms with van der Waals surface area (Å²) in [5, 5.41) is 4.22. The summed E-state index contributed by atoms with van der Waals surface area (Å²) in [7, 11) is 0. The van der Waals surface area contributed by atoms with Crippen molar-refractivity contribution in [2.24, 2.45) is 11.5 Å². The highest BCUT2D eigenvalue weighted by Gasteiger charge is 2.19. The van der Waals surface area contributed by atoms with E-state index in [0.29, 0.717) is 12.4 Å². The molecule has 0 bridgehead atoms. The Morgan fingerprint density at radius 2 is 2.36 bits per heavy atom. The molecule has 0 amide bonds. The van der Waals surface area contributed by atoms with E-state index in [0.717, 1.165) is 48.1 Å². The van der Waals surface area contributed by atoms with Crippen LogP contribution in [0.4, 0.5) is 16.6 Å². The largest absolute Gasteiger partial charge is 0.354 e. The fourth-order valence-corrected chi connectivity index (χ4v) is 3.22. The van der Waals surface area contributed by atoms with Gasteiger partial charge in [0.1, 0.15) is 10.8 Å². The molecule has 0 saturated carbocycles. The van der Waals surface area contributed by atoms with Crippen LogP contribution in [-0.2, 0) is 6.54 Å². The first-order chi connectivity index (χ1) is 10.7. The molecule has 2 aromatic rings. The average Bonchev–Trinajstić information content (AvgIpc) is 2.92. The molecule has 5 N–H and O–H groups in total. The Balaban J connectivity index is 1.85. The van der Waals surface area contributed by atoms with Gasteiger partial charge in [-0.3, -0.25) is 4.98 Å². The molecule has 1 aliphatic rings. The zero-order valence-corrected chi connectivity index (χ0v) is 13.4. The van der Waals surface area contributed by atoms with Crippen LogP contribution in [-0.4, -0.2) is 33.5 Å². The van der Waals surface area contributed by atoms with Crippen molar-refractivity contribution in [3.05, 3.63) is 23.7 Å². The summed E-state index contributed by atoms with van der Waals surface area (Å²) < 4.78 is 4.26. The fourth-order valence-electron chi connectivity index (χ4n) is 2.56. The van der Waals surface area contributed by atoms with Crippen LogP contribution in [0, 0.1) is 6.92 Å². The first kappa shape index (κ1) is 15.1. The molecule has 3 rings (SSSR count). The van der Waals surface area contributed by atoms with E-state index in [9.17, 15) is 0 Å². The minimum absolute atomic E-state index is 0.199. The Labute approximate surface area is 133 Å². The van der Waals surface area contributed by atoms with Crippen molar-refractivity contribution in [3.63, 3.8) is 0 Å². The molecule has 0 unspecified atom stereocenters. The zero-order chi connectivity index (χ0) is 15.5. The summed E-state index contributed by atoms with van der Waals surface area (Å²) >= 11 is 1.40. The van der Waals surface area contributed by atoms with Crippen LogP contribution in [0.15, 0.2) is 12.3 Å². The molecule has 118 valence electrons. The number of anilines is 3. The lowest BCUT2D eigenvalue weighted by Crippen LogP contribution is -2.43. The number of nitrogens with two attached hydrogens (primary N) is 2. The number of nitrogens with one attached hydrogen (secondary N) is 1. The molecule has 2 aromatic heterocycles. The number of hydrogen-bond donors (Lipinski definition) is 3. The summed E-state index contributed by atoms with van der Waals surface area (Å²) in [5.74, 6) is 1.54. The third-order valence-corrected chi connectivity index (χ3v) is 4.48. The monoisotopic (exact) mass is 319 g/mol. The molecule has 7 nitrogen and oxygen atoms in total. The Morgan fingerprint density at radius 3 is 3.05 bits per heavy atom. The first-order valence-corrected chi connectivity index (χ1v) is 8.20. The number of rotatable bonds is 4. The van der Waals surface area contributed by atoms with Crippen molar-refractivity contribution in [1.82, 2.24) is 14.3 Å². The molecule has 1 atom stereocenters. The zero-order valence-electron chi connectivity index (χ0n) is 12.6. The Bertz CT molecular complexity index is 642. The molecular weight excluding hydrogens is 298 g/mol. The van der Waals surface area contributed by atoms with Crippen LogP contribution in [0.3, 0.4) is 0 Å². The van der Waals surface area contributed by atoms with E-state index in [1.54, 1.807) is 6.20 Å². The molecule has 0 spiro atoms. The fraction of sp³-hybridized carbons (Fsp3) is 0.500. The molecule has 1 fully saturated rings. The van der Waals surface area contributed by atoms with Crippen molar-refractivity contribution in [2.75, 3.05) is 23.3 Å². The highest BCUT2D eigenvalue weighted by molar-refractivity contribution is 7.10. The van der Waals surface area contributed by atoms with E-state index < -0.39 is 0 Å². The summed E-state index contributed by atoms with van der Waals surface area (Å²) in [4.78, 5) is 11.3. The van der Waals surface area contributed by atoms with Gasteiger partial charge in [0.15, 0.2) is 5.82 Å². The van der Waals surface area contributed by atoms with E-state index >= 15 is 0 Å². The van der Waals surface area contributed by atoms with Crippen molar-refractivity contribution < 1.29 is 0 Å². The predicted octanol–water partition coefficient (Wildman–Crippen LogP) is 1.37. The standard InChI is InChI=1S/C14H21N7S/c1-9-5-13(22-20-9)19-14-11(6-15)17-7-12(18-14)21-4-2-3-10(16)8-21/h5,7,10H,2-4,6,8,15-16H2,1H3,(H,18,19)/t10-/m1/s1. The third-order valence-electron chi connectivity index (χ3n) is 3.68. The minimum Gasteiger partial charge on any atom is -0.354 e. The van der Waals surface area contributed by atoms with Gasteiger partial charge in [0, 0.05) is 25.7 Å². The second-order valence-electron chi connectivity index (χ2n) is 5.53. The van der Waals surface area contributed by atoms with Crippen LogP contribution in [0.5, 0.6) is 0 Å². The average molecular weight is 319 g/mol. The third kappa shape index (κ3) is 3.34. The number of nitrogens with zero attached hydrogens (tertiary/aromatic N) is 4. The van der Waals surface area contributed by atoms with Crippen molar-refractivity contribution >= 4 is 28.2 Å². The SMILES string of the molecule is Cc1cc(Nc2nc(N3CCC[C@@H](N)C3)cnc2CN)sn1. The Kier molecular flexibility index (Phi) is 4.51. The molecular formula is C14H21N7S. The molecule has 1 aliphatic heterocycles. The van der Waals surface area contributed by atoms with Gasteiger partial charge in [-0.15, -0.1) is 0 Å². The van der Waals surface area contributed by atoms with E-state index in [4.69, 9.17) is 16.5 Å². The normalized spacial score (nSPS) is 18.5. The van der Waals surface area contributed by atoms with Crippen LogP contribution in [0.1, 0.15) is 24.2 Å². The number of piperidine rings is 1. The topological polar surface area (TPSA) is 106 Å². The van der Waals surface area contributed by atoms with Gasteiger partial charge in [0.25, 0.3) is 0 Å². The number of hydrogen-bond acceptors (Lipinski definition) is 8. The lowest BCUT2D eigenvalue weighted by atomic mass is 10.1. The van der Waals surface area contributed by atoms with Crippen molar-refractivity contribution in [1.29, 1.82) is 0 Å². The highest BCUT2D eigenvalue weighted by atomic mass is 32.1. The maximum atomic E-state index is 6.05. The minimum atomic E-state index is 0.199. The van der Waals surface area contributed by atoms with E-state index in [2.05, 4.69) is 19.6 Å². The maximum absolute atomic E-state index is 6.05. The molecule has 0 radical (unpaired) electrons. The van der Waals surface area contributed by atoms with Gasteiger partial charge < -0.3 is 21.7 Å². The smallest absolute Gasteiger partial charge is 0.156 e. The lowest BCUT2D eigenvalue weighted by Gasteiger charge is -2.31. The summed E-state index contributed by atoms with van der Waals surface area (Å²) in [6.45, 7) is 4.08. The van der Waals surface area contributed by atoms with Gasteiger partial charge in [-0.1, -0.05) is 0 Å². The summed E-state index contributed by atoms with van der Waals surface area (Å²) in [5.41, 5.74) is 13.5. The molecule has 3 heterocycles. The van der Waals surface area contributed by atoms with Gasteiger partial charge >= 0.3 is 0 Å². The maximum Gasteiger partial charge on any atom is 0.156 e. The quantitative estimate of drug-likeness (QED) is 0.781. The predicted molar refractivity (Wildman–Crippen MR) is 89.5 cm³/mol. The molecule has 8 heteroatoms. The molecule has 0 aliphatic carbocycles. The highest BCUT2D eigenvalue weighted by Crippen LogP contribution is 2.25. The second kappa shape index (κ2) is 6.55. The van der Waals surface area contributed by atoms with Gasteiger partial charge in [-0.05, 0) is 37.4 Å². The van der Waals surface area contributed by atoms with Gasteiger partial charge in [-0.2, -0.15) is 4.37 Å². The summed E-state index contributed by atoms with van der Waals surface area (Å²) in [6, 6.07) is 2.18. The van der Waals surface area contributed by atoms with Crippen LogP contribution in [0.25, 0.3) is 0 Å². The van der Waals surface area contributed by atoms with Gasteiger partial charge in [0.05, 0.1) is 17.6 Å². The lowest BCUT2D eigenvalue weighted by molar-refractivity contribution is 0.503. The van der Waals surface area contributed by atoms with Crippen molar-refractivity contribution in [2.45, 2.75) is 32.4 Å². The summed E-state index contributed by atoms with van der Waals surface area (Å²) in [6.07, 6.45) is 3.93. The van der Waals surface area contributed by atoms with E-state index in [1.165, 1.54) is 11.5 Å². The van der Waals surface area contributed by atoms with Crippen LogP contribution in [0.2, 0.25) is 0 Å². The van der Waals surface area contributed by atoms with Crippen molar-refractivity contribution in [3.8, 4) is 0 Å². The van der Waals surface area contributed by atoms with E-state index in [1.807, 2.05) is 13.0 Å².